The van der Waals surface area contributed by atoms with Crippen LogP contribution in [0.2, 0.25) is 0 Å². The van der Waals surface area contributed by atoms with Crippen LogP contribution >= 0.6 is 0 Å². The van der Waals surface area contributed by atoms with Crippen molar-refractivity contribution in [2.75, 3.05) is 5.32 Å². The van der Waals surface area contributed by atoms with Crippen LogP contribution in [-0.2, 0) is 0 Å². The second kappa shape index (κ2) is 2.74. The van der Waals surface area contributed by atoms with Crippen LogP contribution in [0.25, 0.3) is 0 Å². The predicted octanol–water partition coefficient (Wildman–Crippen LogP) is 1.92. The Hall–Kier alpha value is -1.56. The zero-order valence-corrected chi connectivity index (χ0v) is 7.54. The number of aromatic nitrogens is 1. The summed E-state index contributed by atoms with van der Waals surface area (Å²) in [5.74, 6) is 0.860. The molecule has 0 spiro atoms. The van der Waals surface area contributed by atoms with Crippen LogP contribution in [0.3, 0.4) is 0 Å². The molecule has 0 amide bonds. The second-order valence-corrected chi connectivity index (χ2v) is 3.73. The largest absolute Gasteiger partial charge is 0.365 e. The standard InChI is InChI=1S/C10H11N3/c1-10(4-5-10)13-9-3-2-8(6-11)7-12-9/h2-3,7H,4-5H2,1H3,(H,12,13). The highest BCUT2D eigenvalue weighted by Crippen LogP contribution is 2.37. The first-order valence-corrected chi connectivity index (χ1v) is 4.36. The van der Waals surface area contributed by atoms with E-state index in [9.17, 15) is 0 Å². The van der Waals surface area contributed by atoms with Crippen LogP contribution in [0.15, 0.2) is 18.3 Å². The molecule has 1 aromatic heterocycles. The van der Waals surface area contributed by atoms with Crippen LogP contribution in [-0.4, -0.2) is 10.5 Å². The molecule has 1 heterocycles. The Balaban J connectivity index is 2.10. The third kappa shape index (κ3) is 1.78. The molecule has 0 saturated heterocycles. The highest BCUT2D eigenvalue weighted by molar-refractivity contribution is 5.42. The maximum Gasteiger partial charge on any atom is 0.126 e. The predicted molar refractivity (Wildman–Crippen MR) is 50.2 cm³/mol. The summed E-state index contributed by atoms with van der Waals surface area (Å²) in [6, 6.07) is 5.67. The van der Waals surface area contributed by atoms with Gasteiger partial charge in [0.15, 0.2) is 0 Å². The first kappa shape index (κ1) is 8.06. The molecule has 2 rings (SSSR count). The smallest absolute Gasteiger partial charge is 0.126 e. The highest BCUT2D eigenvalue weighted by atomic mass is 15.1. The minimum Gasteiger partial charge on any atom is -0.365 e. The Morgan fingerprint density at radius 3 is 2.77 bits per heavy atom. The van der Waals surface area contributed by atoms with E-state index in [1.807, 2.05) is 12.1 Å². The first-order chi connectivity index (χ1) is 6.22. The molecular weight excluding hydrogens is 162 g/mol. The monoisotopic (exact) mass is 173 g/mol. The summed E-state index contributed by atoms with van der Waals surface area (Å²) in [6.45, 7) is 2.17. The number of rotatable bonds is 2. The van der Waals surface area contributed by atoms with Gasteiger partial charge in [0, 0.05) is 11.7 Å². The fraction of sp³-hybridized carbons (Fsp3) is 0.400. The summed E-state index contributed by atoms with van der Waals surface area (Å²) in [6.07, 6.45) is 4.00. The molecule has 1 aliphatic rings. The molecule has 66 valence electrons. The topological polar surface area (TPSA) is 48.7 Å². The van der Waals surface area contributed by atoms with E-state index in [4.69, 9.17) is 5.26 Å². The number of anilines is 1. The average molecular weight is 173 g/mol. The van der Waals surface area contributed by atoms with E-state index in [1.165, 1.54) is 12.8 Å². The van der Waals surface area contributed by atoms with Crippen molar-refractivity contribution in [3.05, 3.63) is 23.9 Å². The van der Waals surface area contributed by atoms with E-state index >= 15 is 0 Å². The van der Waals surface area contributed by atoms with E-state index in [1.54, 1.807) is 12.3 Å². The average Bonchev–Trinajstić information content (AvgIpc) is 2.85. The number of pyridine rings is 1. The van der Waals surface area contributed by atoms with Gasteiger partial charge in [-0.15, -0.1) is 0 Å². The van der Waals surface area contributed by atoms with E-state index < -0.39 is 0 Å². The van der Waals surface area contributed by atoms with Crippen molar-refractivity contribution in [2.24, 2.45) is 0 Å². The third-order valence-corrected chi connectivity index (χ3v) is 2.32. The fourth-order valence-electron chi connectivity index (χ4n) is 1.16. The van der Waals surface area contributed by atoms with Gasteiger partial charge in [0.2, 0.25) is 0 Å². The Morgan fingerprint density at radius 2 is 2.31 bits per heavy atom. The fourth-order valence-corrected chi connectivity index (χ4v) is 1.16. The van der Waals surface area contributed by atoms with Crippen LogP contribution in [0.5, 0.6) is 0 Å². The van der Waals surface area contributed by atoms with Crippen molar-refractivity contribution in [3.8, 4) is 6.07 Å². The quantitative estimate of drug-likeness (QED) is 0.743. The van der Waals surface area contributed by atoms with Crippen LogP contribution in [0.4, 0.5) is 5.82 Å². The minimum atomic E-state index is 0.251. The van der Waals surface area contributed by atoms with Gasteiger partial charge < -0.3 is 5.32 Å². The van der Waals surface area contributed by atoms with Crippen molar-refractivity contribution in [3.63, 3.8) is 0 Å². The third-order valence-electron chi connectivity index (χ3n) is 2.32. The summed E-state index contributed by atoms with van der Waals surface area (Å²) in [7, 11) is 0. The molecule has 3 heteroatoms. The maximum absolute atomic E-state index is 8.56. The van der Waals surface area contributed by atoms with Gasteiger partial charge in [0.25, 0.3) is 0 Å². The molecule has 13 heavy (non-hydrogen) atoms. The lowest BCUT2D eigenvalue weighted by atomic mass is 10.3. The van der Waals surface area contributed by atoms with Crippen LogP contribution in [0, 0.1) is 11.3 Å². The van der Waals surface area contributed by atoms with E-state index in [0.717, 1.165) is 5.82 Å². The molecule has 0 aliphatic heterocycles. The van der Waals surface area contributed by atoms with Gasteiger partial charge in [0.05, 0.1) is 5.56 Å². The Morgan fingerprint density at radius 1 is 1.54 bits per heavy atom. The number of hydrogen-bond donors (Lipinski definition) is 1. The summed E-state index contributed by atoms with van der Waals surface area (Å²) < 4.78 is 0. The normalized spacial score (nSPS) is 17.5. The molecule has 3 nitrogen and oxygen atoms in total. The number of nitriles is 1. The SMILES string of the molecule is CC1(Nc2ccc(C#N)cn2)CC1. The Bertz CT molecular complexity index is 343. The molecule has 0 atom stereocenters. The number of hydrogen-bond acceptors (Lipinski definition) is 3. The van der Waals surface area contributed by atoms with Gasteiger partial charge in [-0.2, -0.15) is 5.26 Å². The lowest BCUT2D eigenvalue weighted by Gasteiger charge is -2.11. The minimum absolute atomic E-state index is 0.251. The van der Waals surface area contributed by atoms with Crippen molar-refractivity contribution >= 4 is 5.82 Å². The van der Waals surface area contributed by atoms with E-state index in [2.05, 4.69) is 17.2 Å². The molecule has 0 aromatic carbocycles. The van der Waals surface area contributed by atoms with Gasteiger partial charge in [0.1, 0.15) is 11.9 Å². The molecule has 1 saturated carbocycles. The summed E-state index contributed by atoms with van der Waals surface area (Å²) in [4.78, 5) is 4.14. The molecule has 0 radical (unpaired) electrons. The van der Waals surface area contributed by atoms with Gasteiger partial charge in [-0.25, -0.2) is 4.98 Å². The molecule has 1 N–H and O–H groups in total. The molecule has 1 fully saturated rings. The molecule has 1 aromatic rings. The molecule has 0 bridgehead atoms. The maximum atomic E-state index is 8.56. The van der Waals surface area contributed by atoms with Crippen LogP contribution in [0.1, 0.15) is 25.3 Å². The number of nitrogens with zero attached hydrogens (tertiary/aromatic N) is 2. The zero-order chi connectivity index (χ0) is 9.31. The van der Waals surface area contributed by atoms with Gasteiger partial charge in [-0.05, 0) is 31.9 Å². The first-order valence-electron chi connectivity index (χ1n) is 4.36. The van der Waals surface area contributed by atoms with Crippen molar-refractivity contribution in [1.29, 1.82) is 5.26 Å². The summed E-state index contributed by atoms with van der Waals surface area (Å²) >= 11 is 0. The summed E-state index contributed by atoms with van der Waals surface area (Å²) in [5, 5.41) is 11.9. The Kier molecular flexibility index (Phi) is 1.70. The molecule has 0 unspecified atom stereocenters. The molecular formula is C10H11N3. The van der Waals surface area contributed by atoms with E-state index in [-0.39, 0.29) is 5.54 Å². The van der Waals surface area contributed by atoms with Gasteiger partial charge in [-0.3, -0.25) is 0 Å². The van der Waals surface area contributed by atoms with Crippen molar-refractivity contribution < 1.29 is 0 Å². The lowest BCUT2D eigenvalue weighted by Crippen LogP contribution is -2.16. The number of nitrogens with one attached hydrogen (secondary N) is 1. The van der Waals surface area contributed by atoms with E-state index in [0.29, 0.717) is 5.56 Å². The van der Waals surface area contributed by atoms with Gasteiger partial charge in [-0.1, -0.05) is 0 Å². The van der Waals surface area contributed by atoms with Crippen molar-refractivity contribution in [2.45, 2.75) is 25.3 Å². The van der Waals surface area contributed by atoms with Crippen LogP contribution < -0.4 is 5.32 Å². The lowest BCUT2D eigenvalue weighted by molar-refractivity contribution is 0.821. The molecule has 1 aliphatic carbocycles. The summed E-state index contributed by atoms with van der Waals surface area (Å²) in [5.41, 5.74) is 0.854. The second-order valence-electron chi connectivity index (χ2n) is 3.73. The van der Waals surface area contributed by atoms with Crippen molar-refractivity contribution in [1.82, 2.24) is 4.98 Å². The Labute approximate surface area is 77.4 Å². The highest BCUT2D eigenvalue weighted by Gasteiger charge is 2.37. The van der Waals surface area contributed by atoms with Gasteiger partial charge >= 0.3 is 0 Å². The zero-order valence-electron chi connectivity index (χ0n) is 7.54.